The number of hydrogen-bond donors (Lipinski definition) is 0. The maximum Gasteiger partial charge on any atom is 0.232 e. The summed E-state index contributed by atoms with van der Waals surface area (Å²) < 4.78 is 32.4. The zero-order valence-electron chi connectivity index (χ0n) is 9.99. The predicted octanol–water partition coefficient (Wildman–Crippen LogP) is 4.60. The van der Waals surface area contributed by atoms with Crippen molar-refractivity contribution in [2.45, 2.75) is 0 Å². The van der Waals surface area contributed by atoms with Crippen LogP contribution in [0.4, 0.5) is 8.78 Å². The van der Waals surface area contributed by atoms with E-state index in [0.29, 0.717) is 5.39 Å². The number of fused-ring (bicyclic) bond motifs is 1. The molecule has 2 nitrogen and oxygen atoms in total. The third-order valence-corrected chi connectivity index (χ3v) is 3.22. The lowest BCUT2D eigenvalue weighted by molar-refractivity contribution is 0.101. The highest BCUT2D eigenvalue weighted by atomic mass is 35.5. The molecule has 100 valence electrons. The maximum atomic E-state index is 13.7. The van der Waals surface area contributed by atoms with Crippen molar-refractivity contribution in [3.05, 3.63) is 70.4 Å². The molecule has 5 heteroatoms. The molecule has 1 aromatic heterocycles. The summed E-state index contributed by atoms with van der Waals surface area (Å²) in [6.07, 6.45) is 0. The van der Waals surface area contributed by atoms with Crippen LogP contribution in [0.2, 0.25) is 5.02 Å². The molecule has 0 spiro atoms. The van der Waals surface area contributed by atoms with Gasteiger partial charge in [0.1, 0.15) is 5.82 Å². The number of furan rings is 1. The molecule has 0 saturated carbocycles. The van der Waals surface area contributed by atoms with Gasteiger partial charge in [0.15, 0.2) is 17.2 Å². The second kappa shape index (κ2) is 4.72. The van der Waals surface area contributed by atoms with Crippen molar-refractivity contribution < 1.29 is 18.0 Å². The first-order valence-corrected chi connectivity index (χ1v) is 6.12. The Morgan fingerprint density at radius 1 is 1.05 bits per heavy atom. The molecule has 0 N–H and O–H groups in total. The monoisotopic (exact) mass is 292 g/mol. The smallest absolute Gasteiger partial charge is 0.232 e. The molecule has 0 atom stereocenters. The van der Waals surface area contributed by atoms with E-state index in [1.54, 1.807) is 6.07 Å². The largest absolute Gasteiger partial charge is 0.449 e. The molecule has 0 amide bonds. The Kier molecular flexibility index (Phi) is 3.03. The molecular weight excluding hydrogens is 286 g/mol. The van der Waals surface area contributed by atoms with Gasteiger partial charge in [0, 0.05) is 5.39 Å². The number of carbonyl (C=O) groups is 1. The van der Waals surface area contributed by atoms with Crippen LogP contribution in [-0.2, 0) is 0 Å². The number of benzene rings is 2. The minimum absolute atomic E-state index is 0.0177. The van der Waals surface area contributed by atoms with Gasteiger partial charge in [-0.25, -0.2) is 8.78 Å². The first-order valence-electron chi connectivity index (χ1n) is 5.74. The van der Waals surface area contributed by atoms with Gasteiger partial charge in [0.2, 0.25) is 5.78 Å². The fraction of sp³-hybridized carbons (Fsp3) is 0. The number of ketones is 1. The Balaban J connectivity index is 2.16. The normalized spacial score (nSPS) is 10.9. The van der Waals surface area contributed by atoms with Gasteiger partial charge in [-0.05, 0) is 24.3 Å². The highest BCUT2D eigenvalue weighted by molar-refractivity contribution is 6.34. The van der Waals surface area contributed by atoms with E-state index in [1.165, 1.54) is 30.3 Å². The molecule has 3 rings (SSSR count). The number of para-hydroxylation sites is 1. The molecule has 0 fully saturated rings. The van der Waals surface area contributed by atoms with Crippen molar-refractivity contribution in [1.29, 1.82) is 0 Å². The van der Waals surface area contributed by atoms with E-state index in [4.69, 9.17) is 16.0 Å². The van der Waals surface area contributed by atoms with Gasteiger partial charge in [-0.3, -0.25) is 4.79 Å². The highest BCUT2D eigenvalue weighted by Gasteiger charge is 2.21. The van der Waals surface area contributed by atoms with E-state index in [-0.39, 0.29) is 21.9 Å². The summed E-state index contributed by atoms with van der Waals surface area (Å²) in [5.41, 5.74) is -0.322. The van der Waals surface area contributed by atoms with Gasteiger partial charge in [0.25, 0.3) is 0 Å². The van der Waals surface area contributed by atoms with Crippen LogP contribution >= 0.6 is 11.6 Å². The lowest BCUT2D eigenvalue weighted by atomic mass is 10.1. The van der Waals surface area contributed by atoms with Gasteiger partial charge >= 0.3 is 0 Å². The molecule has 0 aliphatic rings. The second-order valence-corrected chi connectivity index (χ2v) is 4.60. The summed E-state index contributed by atoms with van der Waals surface area (Å²) in [7, 11) is 0. The summed E-state index contributed by atoms with van der Waals surface area (Å²) >= 11 is 5.83. The quantitative estimate of drug-likeness (QED) is 0.646. The average molecular weight is 293 g/mol. The molecule has 0 saturated heterocycles. The van der Waals surface area contributed by atoms with E-state index in [9.17, 15) is 13.6 Å². The van der Waals surface area contributed by atoms with E-state index in [2.05, 4.69) is 0 Å². The summed E-state index contributed by atoms with van der Waals surface area (Å²) in [4.78, 5) is 12.2. The van der Waals surface area contributed by atoms with Gasteiger partial charge in [0.05, 0.1) is 10.6 Å². The van der Waals surface area contributed by atoms with E-state index in [0.717, 1.165) is 6.07 Å². The van der Waals surface area contributed by atoms with Gasteiger partial charge in [-0.2, -0.15) is 0 Å². The summed E-state index contributed by atoms with van der Waals surface area (Å²) in [6.45, 7) is 0. The second-order valence-electron chi connectivity index (χ2n) is 4.19. The van der Waals surface area contributed by atoms with Crippen molar-refractivity contribution in [1.82, 2.24) is 0 Å². The van der Waals surface area contributed by atoms with Crippen LogP contribution in [0.5, 0.6) is 0 Å². The first-order chi connectivity index (χ1) is 9.58. The molecule has 0 aliphatic carbocycles. The standard InChI is InChI=1S/C15H7ClF2O2/c16-9-4-2-5-10(17)13(9)14(19)12-7-8-3-1-6-11(18)15(8)20-12/h1-7H. The fourth-order valence-corrected chi connectivity index (χ4v) is 2.23. The summed E-state index contributed by atoms with van der Waals surface area (Å²) in [5, 5.41) is 0.414. The minimum Gasteiger partial charge on any atom is -0.449 e. The van der Waals surface area contributed by atoms with Gasteiger partial charge in [-0.1, -0.05) is 29.8 Å². The molecule has 0 aliphatic heterocycles. The van der Waals surface area contributed by atoms with Crippen LogP contribution in [0.3, 0.4) is 0 Å². The van der Waals surface area contributed by atoms with Crippen molar-refractivity contribution in [2.75, 3.05) is 0 Å². The SMILES string of the molecule is O=C(c1cc2cccc(F)c2o1)c1c(F)cccc1Cl. The Morgan fingerprint density at radius 3 is 2.45 bits per heavy atom. The van der Waals surface area contributed by atoms with Crippen LogP contribution in [0.15, 0.2) is 46.9 Å². The molecule has 0 radical (unpaired) electrons. The molecule has 0 bridgehead atoms. The topological polar surface area (TPSA) is 30.2 Å². The predicted molar refractivity (Wildman–Crippen MR) is 71.0 cm³/mol. The number of rotatable bonds is 2. The minimum atomic E-state index is -0.747. The third-order valence-electron chi connectivity index (χ3n) is 2.91. The first kappa shape index (κ1) is 12.8. The number of hydrogen-bond acceptors (Lipinski definition) is 2. The molecule has 0 unspecified atom stereocenters. The van der Waals surface area contributed by atoms with Crippen molar-refractivity contribution in [2.24, 2.45) is 0 Å². The number of carbonyl (C=O) groups excluding carboxylic acids is 1. The number of halogens is 3. The Labute approximate surface area is 117 Å². The van der Waals surface area contributed by atoms with E-state index >= 15 is 0 Å². The van der Waals surface area contributed by atoms with E-state index in [1.807, 2.05) is 0 Å². The van der Waals surface area contributed by atoms with Crippen LogP contribution in [0.1, 0.15) is 16.1 Å². The molecule has 2 aromatic carbocycles. The molecule has 3 aromatic rings. The van der Waals surface area contributed by atoms with Crippen LogP contribution in [-0.4, -0.2) is 5.78 Å². The zero-order chi connectivity index (χ0) is 14.3. The van der Waals surface area contributed by atoms with Crippen molar-refractivity contribution in [3.63, 3.8) is 0 Å². The Hall–Kier alpha value is -2.20. The Morgan fingerprint density at radius 2 is 1.75 bits per heavy atom. The van der Waals surface area contributed by atoms with Crippen LogP contribution in [0, 0.1) is 11.6 Å². The lowest BCUT2D eigenvalue weighted by Gasteiger charge is -2.02. The Bertz CT molecular complexity index is 804. The fourth-order valence-electron chi connectivity index (χ4n) is 1.98. The molecular formula is C15H7ClF2O2. The van der Waals surface area contributed by atoms with Crippen LogP contribution < -0.4 is 0 Å². The van der Waals surface area contributed by atoms with Gasteiger partial charge in [-0.15, -0.1) is 0 Å². The summed E-state index contributed by atoms with van der Waals surface area (Å²) in [6, 6.07) is 9.61. The third kappa shape index (κ3) is 1.98. The molecule has 20 heavy (non-hydrogen) atoms. The zero-order valence-corrected chi connectivity index (χ0v) is 10.7. The lowest BCUT2D eigenvalue weighted by Crippen LogP contribution is -2.03. The maximum absolute atomic E-state index is 13.7. The highest BCUT2D eigenvalue weighted by Crippen LogP contribution is 2.27. The summed E-state index contributed by atoms with van der Waals surface area (Å²) in [5.74, 6) is -2.20. The van der Waals surface area contributed by atoms with Gasteiger partial charge < -0.3 is 4.42 Å². The average Bonchev–Trinajstić information content (AvgIpc) is 2.84. The van der Waals surface area contributed by atoms with E-state index < -0.39 is 17.4 Å². The van der Waals surface area contributed by atoms with Crippen molar-refractivity contribution >= 4 is 28.4 Å². The molecule has 1 heterocycles. The van der Waals surface area contributed by atoms with Crippen LogP contribution in [0.25, 0.3) is 11.0 Å². The van der Waals surface area contributed by atoms with Crippen molar-refractivity contribution in [3.8, 4) is 0 Å².